The highest BCUT2D eigenvalue weighted by Gasteiger charge is 2.50. The van der Waals surface area contributed by atoms with Crippen molar-refractivity contribution in [2.45, 2.75) is 96.4 Å². The summed E-state index contributed by atoms with van der Waals surface area (Å²) < 4.78 is 32.3. The van der Waals surface area contributed by atoms with Crippen molar-refractivity contribution in [3.63, 3.8) is 0 Å². The summed E-state index contributed by atoms with van der Waals surface area (Å²) in [5, 5.41) is 0. The summed E-state index contributed by atoms with van der Waals surface area (Å²) in [6.45, 7) is 9.35. The molecule has 0 unspecified atom stereocenters. The van der Waals surface area contributed by atoms with E-state index in [1.807, 2.05) is 36.4 Å². The zero-order valence-corrected chi connectivity index (χ0v) is 24.4. The second kappa shape index (κ2) is 13.8. The Morgan fingerprint density at radius 2 is 1.40 bits per heavy atom. The van der Waals surface area contributed by atoms with E-state index in [9.17, 15) is 0 Å². The Hall–Kier alpha value is -2.60. The summed E-state index contributed by atoms with van der Waals surface area (Å²) in [6.07, 6.45) is 9.83. The predicted octanol–water partition coefficient (Wildman–Crippen LogP) is 7.76. The molecule has 5 nitrogen and oxygen atoms in total. The van der Waals surface area contributed by atoms with Crippen molar-refractivity contribution in [2.75, 3.05) is 13.2 Å². The van der Waals surface area contributed by atoms with Gasteiger partial charge in [-0.3, -0.25) is 0 Å². The lowest BCUT2D eigenvalue weighted by Crippen LogP contribution is -2.57. The van der Waals surface area contributed by atoms with Crippen LogP contribution in [-0.4, -0.2) is 37.1 Å². The molecule has 0 N–H and O–H groups in total. The molecular weight excluding hydrogens is 500 g/mol. The van der Waals surface area contributed by atoms with Crippen LogP contribution in [0.15, 0.2) is 84.3 Å². The number of hydrogen-bond donors (Lipinski definition) is 0. The lowest BCUT2D eigenvalue weighted by Gasteiger charge is -2.49. The first-order chi connectivity index (χ1) is 19.5. The third-order valence-electron chi connectivity index (χ3n) is 8.34. The molecule has 0 aliphatic carbocycles. The maximum absolute atomic E-state index is 6.93. The summed E-state index contributed by atoms with van der Waals surface area (Å²) >= 11 is 0. The molecule has 6 atom stereocenters. The van der Waals surface area contributed by atoms with E-state index in [-0.39, 0.29) is 23.9 Å². The number of fused-ring (bicyclic) bond motifs is 2. The Morgan fingerprint density at radius 3 is 2.05 bits per heavy atom. The quantitative estimate of drug-likeness (QED) is 0.285. The smallest absolute Gasteiger partial charge is 0.130 e. The van der Waals surface area contributed by atoms with E-state index < -0.39 is 0 Å². The number of rotatable bonds is 10. The minimum absolute atomic E-state index is 0.0197. The molecule has 3 aliphatic heterocycles. The molecule has 5 rings (SSSR count). The van der Waals surface area contributed by atoms with E-state index >= 15 is 0 Å². The summed E-state index contributed by atoms with van der Waals surface area (Å²) in [5.41, 5.74) is 2.05. The van der Waals surface area contributed by atoms with Gasteiger partial charge >= 0.3 is 0 Å². The Labute approximate surface area is 240 Å². The van der Waals surface area contributed by atoms with Crippen LogP contribution < -0.4 is 0 Å². The molecule has 0 aromatic heterocycles. The van der Waals surface area contributed by atoms with Crippen LogP contribution in [0.3, 0.4) is 0 Å². The van der Waals surface area contributed by atoms with Crippen molar-refractivity contribution >= 4 is 0 Å². The summed E-state index contributed by atoms with van der Waals surface area (Å²) in [4.78, 5) is 0. The van der Waals surface area contributed by atoms with Gasteiger partial charge in [-0.2, -0.15) is 0 Å². The summed E-state index contributed by atoms with van der Waals surface area (Å²) in [6, 6.07) is 20.6. The van der Waals surface area contributed by atoms with Crippen molar-refractivity contribution in [3.8, 4) is 0 Å². The minimum Gasteiger partial charge on any atom is -0.492 e. The van der Waals surface area contributed by atoms with Gasteiger partial charge in [-0.1, -0.05) is 74.5 Å². The Bertz CT molecular complexity index is 1110. The SMILES string of the molecule is C[C@@H]1C/C=C(/CCOCc2ccccc2)O[C@H]2C[C@H]3OC(CCOCc4ccccc4)=C[C@@H](C)C[C@@H]3O[C@]2(C)C1. The van der Waals surface area contributed by atoms with Crippen molar-refractivity contribution < 1.29 is 23.7 Å². The molecule has 40 heavy (non-hydrogen) atoms. The van der Waals surface area contributed by atoms with E-state index in [4.69, 9.17) is 23.7 Å². The number of benzene rings is 2. The van der Waals surface area contributed by atoms with Gasteiger partial charge in [0.05, 0.1) is 44.0 Å². The highest BCUT2D eigenvalue weighted by Crippen LogP contribution is 2.43. The maximum atomic E-state index is 6.93. The van der Waals surface area contributed by atoms with Gasteiger partial charge in [-0.05, 0) is 61.3 Å². The molecule has 2 aromatic rings. The van der Waals surface area contributed by atoms with E-state index in [1.165, 1.54) is 11.1 Å². The number of ether oxygens (including phenoxy) is 5. The van der Waals surface area contributed by atoms with Crippen LogP contribution in [0.25, 0.3) is 0 Å². The molecular formula is C35H46O5. The third-order valence-corrected chi connectivity index (χ3v) is 8.34. The van der Waals surface area contributed by atoms with E-state index in [2.05, 4.69) is 57.2 Å². The van der Waals surface area contributed by atoms with Crippen LogP contribution in [0.4, 0.5) is 0 Å². The summed E-state index contributed by atoms with van der Waals surface area (Å²) in [5.74, 6) is 2.95. The standard InChI is InChI=1S/C35H46O5/c1-26-14-15-30(16-18-36-24-28-10-6-4-7-11-28)39-34-22-32-33(40-35(34,3)23-26)21-27(2)20-31(38-32)17-19-37-25-29-12-8-5-9-13-29/h4-13,15,20,26-27,32-34H,14,16-19,21-25H2,1-3H3/b30-15-/t26-,27-,32-,33+,34+,35-/m1/s1. The van der Waals surface area contributed by atoms with Crippen LogP contribution in [0.1, 0.15) is 70.4 Å². The minimum atomic E-state index is -0.336. The molecule has 1 saturated heterocycles. The van der Waals surface area contributed by atoms with Crippen LogP contribution >= 0.6 is 0 Å². The van der Waals surface area contributed by atoms with Crippen LogP contribution in [0, 0.1) is 11.8 Å². The van der Waals surface area contributed by atoms with Gasteiger partial charge in [0.25, 0.3) is 0 Å². The molecule has 0 radical (unpaired) electrons. The molecule has 1 fully saturated rings. The molecule has 216 valence electrons. The summed E-state index contributed by atoms with van der Waals surface area (Å²) in [7, 11) is 0. The fraction of sp³-hybridized carbons (Fsp3) is 0.543. The second-order valence-electron chi connectivity index (χ2n) is 12.1. The fourth-order valence-corrected chi connectivity index (χ4v) is 6.29. The molecule has 5 heteroatoms. The van der Waals surface area contributed by atoms with Crippen LogP contribution in [0.2, 0.25) is 0 Å². The second-order valence-corrected chi connectivity index (χ2v) is 12.1. The van der Waals surface area contributed by atoms with Crippen molar-refractivity contribution in [1.29, 1.82) is 0 Å². The van der Waals surface area contributed by atoms with Gasteiger partial charge in [-0.15, -0.1) is 0 Å². The van der Waals surface area contributed by atoms with Crippen molar-refractivity contribution in [2.24, 2.45) is 11.8 Å². The maximum Gasteiger partial charge on any atom is 0.130 e. The highest BCUT2D eigenvalue weighted by atomic mass is 16.6. The topological polar surface area (TPSA) is 46.2 Å². The molecule has 3 aliphatic rings. The van der Waals surface area contributed by atoms with Crippen molar-refractivity contribution in [3.05, 3.63) is 95.5 Å². The molecule has 0 saturated carbocycles. The first kappa shape index (κ1) is 28.9. The van der Waals surface area contributed by atoms with Crippen LogP contribution in [0.5, 0.6) is 0 Å². The molecule has 3 heterocycles. The Kier molecular flexibility index (Phi) is 10.0. The zero-order chi connectivity index (χ0) is 27.8. The first-order valence-electron chi connectivity index (χ1n) is 15.1. The first-order valence-corrected chi connectivity index (χ1v) is 15.1. The molecule has 0 bridgehead atoms. The lowest BCUT2D eigenvalue weighted by atomic mass is 9.79. The Morgan fingerprint density at radius 1 is 0.775 bits per heavy atom. The average Bonchev–Trinajstić information content (AvgIpc) is 3.09. The fourth-order valence-electron chi connectivity index (χ4n) is 6.29. The average molecular weight is 547 g/mol. The van der Waals surface area contributed by atoms with Gasteiger partial charge in [0.15, 0.2) is 0 Å². The van der Waals surface area contributed by atoms with Gasteiger partial charge in [0.2, 0.25) is 0 Å². The monoisotopic (exact) mass is 546 g/mol. The third kappa shape index (κ3) is 7.99. The van der Waals surface area contributed by atoms with E-state index in [0.717, 1.165) is 50.0 Å². The van der Waals surface area contributed by atoms with E-state index in [1.54, 1.807) is 0 Å². The molecule has 0 amide bonds. The lowest BCUT2D eigenvalue weighted by molar-refractivity contribution is -0.235. The van der Waals surface area contributed by atoms with E-state index in [0.29, 0.717) is 38.3 Å². The largest absolute Gasteiger partial charge is 0.492 e. The molecule has 2 aromatic carbocycles. The molecule has 0 spiro atoms. The number of hydrogen-bond acceptors (Lipinski definition) is 5. The van der Waals surface area contributed by atoms with Crippen LogP contribution in [-0.2, 0) is 36.9 Å². The Balaban J connectivity index is 1.18. The van der Waals surface area contributed by atoms with Gasteiger partial charge < -0.3 is 23.7 Å². The zero-order valence-electron chi connectivity index (χ0n) is 24.4. The highest BCUT2D eigenvalue weighted by molar-refractivity contribution is 5.14. The predicted molar refractivity (Wildman–Crippen MR) is 157 cm³/mol. The van der Waals surface area contributed by atoms with Gasteiger partial charge in [0.1, 0.15) is 17.8 Å². The van der Waals surface area contributed by atoms with Gasteiger partial charge in [0, 0.05) is 19.3 Å². The number of allylic oxidation sites excluding steroid dienone is 2. The van der Waals surface area contributed by atoms with Gasteiger partial charge in [-0.25, -0.2) is 0 Å². The van der Waals surface area contributed by atoms with Crippen molar-refractivity contribution in [1.82, 2.24) is 0 Å². The normalized spacial score (nSPS) is 31.5.